The topological polar surface area (TPSA) is 0 Å². The maximum Gasteiger partial charge on any atom is 0.0215 e. The molecule has 0 bridgehead atoms. The minimum absolute atomic E-state index is 0.0192. The molecule has 0 aliphatic carbocycles. The van der Waals surface area contributed by atoms with Crippen LogP contribution in [0.15, 0.2) is 84.9 Å². The first-order chi connectivity index (χ1) is 10.7. The molecule has 0 aromatic heterocycles. The summed E-state index contributed by atoms with van der Waals surface area (Å²) < 4.78 is 0. The third kappa shape index (κ3) is 2.82. The average molecular weight is 286 g/mol. The minimum atomic E-state index is -0.0192. The number of hydrogen-bond donors (Lipinski definition) is 0. The van der Waals surface area contributed by atoms with Crippen LogP contribution >= 0.6 is 0 Å². The van der Waals surface area contributed by atoms with Gasteiger partial charge in [0.25, 0.3) is 0 Å². The second-order valence-electron chi connectivity index (χ2n) is 6.17. The van der Waals surface area contributed by atoms with Gasteiger partial charge in [-0.1, -0.05) is 91.9 Å². The summed E-state index contributed by atoms with van der Waals surface area (Å²) in [6.45, 7) is 4.55. The number of rotatable bonds is 4. The molecular formula is C22H22. The highest BCUT2D eigenvalue weighted by Gasteiger charge is 2.29. The van der Waals surface area contributed by atoms with E-state index in [0.717, 1.165) is 6.42 Å². The van der Waals surface area contributed by atoms with E-state index in [1.165, 1.54) is 22.3 Å². The van der Waals surface area contributed by atoms with Gasteiger partial charge in [-0.15, -0.1) is 0 Å². The van der Waals surface area contributed by atoms with Gasteiger partial charge in [0.2, 0.25) is 0 Å². The molecular weight excluding hydrogens is 264 g/mol. The van der Waals surface area contributed by atoms with E-state index in [0.29, 0.717) is 0 Å². The van der Waals surface area contributed by atoms with E-state index in [2.05, 4.69) is 98.8 Å². The first-order valence-electron chi connectivity index (χ1n) is 7.86. The van der Waals surface area contributed by atoms with Crippen LogP contribution < -0.4 is 0 Å². The highest BCUT2D eigenvalue weighted by Crippen LogP contribution is 2.35. The molecule has 0 saturated carbocycles. The Kier molecular flexibility index (Phi) is 4.11. The second-order valence-corrected chi connectivity index (χ2v) is 6.17. The zero-order chi connectivity index (χ0) is 15.4. The monoisotopic (exact) mass is 286 g/mol. The molecule has 0 radical (unpaired) electrons. The smallest absolute Gasteiger partial charge is 0.0215 e. The molecule has 0 nitrogen and oxygen atoms in total. The minimum Gasteiger partial charge on any atom is -0.0622 e. The van der Waals surface area contributed by atoms with Crippen molar-refractivity contribution in [1.29, 1.82) is 0 Å². The fourth-order valence-corrected chi connectivity index (χ4v) is 3.17. The lowest BCUT2D eigenvalue weighted by molar-refractivity contribution is 0.566. The Hall–Kier alpha value is -2.34. The van der Waals surface area contributed by atoms with Gasteiger partial charge in [-0.05, 0) is 35.6 Å². The number of hydrogen-bond acceptors (Lipinski definition) is 0. The zero-order valence-corrected chi connectivity index (χ0v) is 13.3. The normalized spacial score (nSPS) is 11.4. The van der Waals surface area contributed by atoms with E-state index in [1.807, 2.05) is 0 Å². The van der Waals surface area contributed by atoms with Crippen LogP contribution in [-0.2, 0) is 11.8 Å². The second kappa shape index (κ2) is 6.19. The fourth-order valence-electron chi connectivity index (χ4n) is 3.17. The number of benzene rings is 3. The van der Waals surface area contributed by atoms with Crippen LogP contribution in [0.25, 0.3) is 0 Å². The van der Waals surface area contributed by atoms with Crippen LogP contribution in [0.2, 0.25) is 0 Å². The molecule has 0 aliphatic heterocycles. The van der Waals surface area contributed by atoms with Gasteiger partial charge in [-0.2, -0.15) is 0 Å². The largest absolute Gasteiger partial charge is 0.0622 e. The highest BCUT2D eigenvalue weighted by molar-refractivity contribution is 5.42. The van der Waals surface area contributed by atoms with Crippen molar-refractivity contribution < 1.29 is 0 Å². The van der Waals surface area contributed by atoms with Crippen molar-refractivity contribution in [2.24, 2.45) is 0 Å². The van der Waals surface area contributed by atoms with E-state index in [4.69, 9.17) is 0 Å². The van der Waals surface area contributed by atoms with E-state index >= 15 is 0 Å². The summed E-state index contributed by atoms with van der Waals surface area (Å²) in [4.78, 5) is 0. The van der Waals surface area contributed by atoms with E-state index in [-0.39, 0.29) is 5.41 Å². The van der Waals surface area contributed by atoms with Crippen LogP contribution in [0.5, 0.6) is 0 Å². The predicted molar refractivity (Wildman–Crippen MR) is 94.2 cm³/mol. The molecule has 3 aromatic rings. The third-order valence-electron chi connectivity index (χ3n) is 4.63. The Bertz CT molecular complexity index is 687. The Morgan fingerprint density at radius 3 is 1.59 bits per heavy atom. The zero-order valence-electron chi connectivity index (χ0n) is 13.3. The van der Waals surface area contributed by atoms with Crippen molar-refractivity contribution in [2.75, 3.05) is 0 Å². The summed E-state index contributed by atoms with van der Waals surface area (Å²) in [5.41, 5.74) is 5.49. The van der Waals surface area contributed by atoms with Crippen LogP contribution in [0.3, 0.4) is 0 Å². The Morgan fingerprint density at radius 2 is 1.09 bits per heavy atom. The summed E-state index contributed by atoms with van der Waals surface area (Å²) in [6.07, 6.45) is 1.01. The van der Waals surface area contributed by atoms with Crippen molar-refractivity contribution >= 4 is 0 Å². The Labute approximate surface area is 133 Å². The van der Waals surface area contributed by atoms with Crippen molar-refractivity contribution in [2.45, 2.75) is 25.7 Å². The lowest BCUT2D eigenvalue weighted by Gasteiger charge is -2.32. The van der Waals surface area contributed by atoms with E-state index < -0.39 is 0 Å². The molecule has 0 aliphatic rings. The predicted octanol–water partition coefficient (Wildman–Crippen LogP) is 5.54. The first kappa shape index (κ1) is 14.6. The molecule has 0 atom stereocenters. The molecule has 0 unspecified atom stereocenters. The van der Waals surface area contributed by atoms with Gasteiger partial charge in [0, 0.05) is 5.41 Å². The fraction of sp³-hybridized carbons (Fsp3) is 0.182. The van der Waals surface area contributed by atoms with Gasteiger partial charge in [0.05, 0.1) is 0 Å². The van der Waals surface area contributed by atoms with Crippen LogP contribution in [0.1, 0.15) is 29.2 Å². The maximum atomic E-state index is 2.35. The molecule has 0 heterocycles. The third-order valence-corrected chi connectivity index (χ3v) is 4.63. The Balaban J connectivity index is 2.10. The van der Waals surface area contributed by atoms with Gasteiger partial charge >= 0.3 is 0 Å². The molecule has 0 saturated heterocycles. The molecule has 0 heteroatoms. The van der Waals surface area contributed by atoms with Gasteiger partial charge in [0.1, 0.15) is 0 Å². The molecule has 3 aromatic carbocycles. The summed E-state index contributed by atoms with van der Waals surface area (Å²) in [5.74, 6) is 0. The van der Waals surface area contributed by atoms with Crippen molar-refractivity contribution in [3.63, 3.8) is 0 Å². The van der Waals surface area contributed by atoms with Gasteiger partial charge in [0.15, 0.2) is 0 Å². The summed E-state index contributed by atoms with van der Waals surface area (Å²) in [7, 11) is 0. The Morgan fingerprint density at radius 1 is 0.636 bits per heavy atom. The summed E-state index contributed by atoms with van der Waals surface area (Å²) in [6, 6.07) is 30.4. The molecule has 0 spiro atoms. The van der Waals surface area contributed by atoms with Gasteiger partial charge in [-0.25, -0.2) is 0 Å². The van der Waals surface area contributed by atoms with Crippen LogP contribution in [0, 0.1) is 6.92 Å². The van der Waals surface area contributed by atoms with Crippen LogP contribution in [-0.4, -0.2) is 0 Å². The average Bonchev–Trinajstić information content (AvgIpc) is 2.58. The van der Waals surface area contributed by atoms with Crippen molar-refractivity contribution in [1.82, 2.24) is 0 Å². The van der Waals surface area contributed by atoms with Gasteiger partial charge < -0.3 is 0 Å². The lowest BCUT2D eigenvalue weighted by Crippen LogP contribution is -2.27. The van der Waals surface area contributed by atoms with Crippen LogP contribution in [0.4, 0.5) is 0 Å². The summed E-state index contributed by atoms with van der Waals surface area (Å²) >= 11 is 0. The molecule has 22 heavy (non-hydrogen) atoms. The standard InChI is InChI=1S/C22H22/c1-18-11-9-10-12-19(18)17-22(2,20-13-5-3-6-14-20)21-15-7-4-8-16-21/h3-16H,17H2,1-2H3. The lowest BCUT2D eigenvalue weighted by atomic mass is 9.71. The molecule has 0 N–H and O–H groups in total. The van der Waals surface area contributed by atoms with E-state index in [1.54, 1.807) is 0 Å². The van der Waals surface area contributed by atoms with Crippen molar-refractivity contribution in [3.8, 4) is 0 Å². The molecule has 0 fully saturated rings. The molecule has 0 amide bonds. The quantitative estimate of drug-likeness (QED) is 0.590. The van der Waals surface area contributed by atoms with Gasteiger partial charge in [-0.3, -0.25) is 0 Å². The highest BCUT2D eigenvalue weighted by atomic mass is 14.3. The van der Waals surface area contributed by atoms with E-state index in [9.17, 15) is 0 Å². The first-order valence-corrected chi connectivity index (χ1v) is 7.86. The maximum absolute atomic E-state index is 2.35. The summed E-state index contributed by atoms with van der Waals surface area (Å²) in [5, 5.41) is 0. The number of aryl methyl sites for hydroxylation is 1. The molecule has 3 rings (SSSR count). The SMILES string of the molecule is Cc1ccccc1CC(C)(c1ccccc1)c1ccccc1. The molecule has 110 valence electrons. The van der Waals surface area contributed by atoms with Crippen molar-refractivity contribution in [3.05, 3.63) is 107 Å².